The number of hydrogen-bond acceptors (Lipinski definition) is 4. The molecule has 2 aromatic rings. The van der Waals surface area contributed by atoms with Crippen molar-refractivity contribution in [3.8, 4) is 11.5 Å². The van der Waals surface area contributed by atoms with Gasteiger partial charge in [-0.05, 0) is 33.1 Å². The minimum absolute atomic E-state index is 0.354. The summed E-state index contributed by atoms with van der Waals surface area (Å²) in [6.07, 6.45) is 6.99. The van der Waals surface area contributed by atoms with Crippen LogP contribution in [0.4, 0.5) is 5.82 Å². The summed E-state index contributed by atoms with van der Waals surface area (Å²) in [5.74, 6) is 1.74. The Balaban J connectivity index is 2.13. The van der Waals surface area contributed by atoms with E-state index >= 15 is 0 Å². The van der Waals surface area contributed by atoms with Crippen LogP contribution in [0.3, 0.4) is 0 Å². The highest BCUT2D eigenvalue weighted by Crippen LogP contribution is 2.29. The molecule has 0 aromatic carbocycles. The Morgan fingerprint density at radius 2 is 2.11 bits per heavy atom. The van der Waals surface area contributed by atoms with E-state index in [0.29, 0.717) is 6.04 Å². The predicted octanol–water partition coefficient (Wildman–Crippen LogP) is 2.45. The minimum atomic E-state index is 0.354. The van der Waals surface area contributed by atoms with E-state index in [1.54, 1.807) is 0 Å². The predicted molar refractivity (Wildman–Crippen MR) is 75.2 cm³/mol. The summed E-state index contributed by atoms with van der Waals surface area (Å²) in [4.78, 5) is 13.6. The topological polar surface area (TPSA) is 55.6 Å². The lowest BCUT2D eigenvalue weighted by Gasteiger charge is -2.13. The molecule has 1 aliphatic carbocycles. The first-order valence-corrected chi connectivity index (χ1v) is 6.80. The Bertz CT molecular complexity index is 600. The normalized spacial score (nSPS) is 13.9. The van der Waals surface area contributed by atoms with Crippen molar-refractivity contribution in [3.05, 3.63) is 23.8 Å². The summed E-state index contributed by atoms with van der Waals surface area (Å²) in [5, 5.41) is 3.20. The molecule has 3 rings (SSSR count). The first-order valence-electron chi connectivity index (χ1n) is 6.80. The van der Waals surface area contributed by atoms with E-state index in [4.69, 9.17) is 4.98 Å². The van der Waals surface area contributed by atoms with E-state index in [9.17, 15) is 0 Å². The molecule has 0 saturated heterocycles. The number of imidazole rings is 1. The van der Waals surface area contributed by atoms with Crippen LogP contribution in [0.25, 0.3) is 11.5 Å². The maximum Gasteiger partial charge on any atom is 0.180 e. The third-order valence-electron chi connectivity index (χ3n) is 3.62. The molecule has 0 amide bonds. The molecule has 19 heavy (non-hydrogen) atoms. The molecule has 0 fully saturated rings. The Morgan fingerprint density at radius 3 is 2.84 bits per heavy atom. The van der Waals surface area contributed by atoms with E-state index in [-0.39, 0.29) is 0 Å². The summed E-state index contributed by atoms with van der Waals surface area (Å²) in [6.45, 7) is 4.27. The number of nitrogens with one attached hydrogen (secondary N) is 1. The zero-order valence-corrected chi connectivity index (χ0v) is 11.6. The van der Waals surface area contributed by atoms with E-state index in [2.05, 4.69) is 33.7 Å². The number of fused-ring (bicyclic) bond motifs is 1. The molecule has 0 atom stereocenters. The number of nitrogens with zero attached hydrogens (tertiary/aromatic N) is 4. The maximum absolute atomic E-state index is 4.74. The molecular weight excluding hydrogens is 238 g/mol. The average molecular weight is 257 g/mol. The quantitative estimate of drug-likeness (QED) is 0.917. The van der Waals surface area contributed by atoms with Crippen molar-refractivity contribution in [1.29, 1.82) is 0 Å². The van der Waals surface area contributed by atoms with E-state index in [1.807, 2.05) is 19.6 Å². The molecule has 2 heterocycles. The van der Waals surface area contributed by atoms with Gasteiger partial charge in [-0.15, -0.1) is 0 Å². The lowest BCUT2D eigenvalue weighted by molar-refractivity contribution is 0.603. The molecule has 1 aliphatic rings. The largest absolute Gasteiger partial charge is 0.373 e. The lowest BCUT2D eigenvalue weighted by atomic mass is 10.2. The molecule has 0 unspecified atom stereocenters. The van der Waals surface area contributed by atoms with Gasteiger partial charge >= 0.3 is 0 Å². The van der Waals surface area contributed by atoms with Crippen molar-refractivity contribution in [2.24, 2.45) is 0 Å². The van der Waals surface area contributed by atoms with Gasteiger partial charge in [0.05, 0.1) is 12.5 Å². The van der Waals surface area contributed by atoms with Gasteiger partial charge in [-0.1, -0.05) is 0 Å². The molecule has 0 saturated carbocycles. The average Bonchev–Trinajstić information content (AvgIpc) is 3.05. The second-order valence-electron chi connectivity index (χ2n) is 5.20. The third kappa shape index (κ3) is 1.99. The summed E-state index contributed by atoms with van der Waals surface area (Å²) in [5.41, 5.74) is 3.45. The van der Waals surface area contributed by atoms with Crippen LogP contribution in [0.2, 0.25) is 0 Å². The Hall–Kier alpha value is -1.91. The number of aromatic nitrogens is 4. The van der Waals surface area contributed by atoms with Crippen molar-refractivity contribution < 1.29 is 0 Å². The molecule has 0 bridgehead atoms. The molecule has 5 nitrogen and oxygen atoms in total. The van der Waals surface area contributed by atoms with Crippen molar-refractivity contribution in [2.75, 3.05) is 12.4 Å². The fraction of sp³-hybridized carbons (Fsp3) is 0.500. The molecular formula is C14H19N5. The van der Waals surface area contributed by atoms with Gasteiger partial charge in [-0.2, -0.15) is 0 Å². The zero-order chi connectivity index (χ0) is 13.4. The second kappa shape index (κ2) is 4.64. The number of anilines is 1. The van der Waals surface area contributed by atoms with Crippen molar-refractivity contribution in [2.45, 2.75) is 39.2 Å². The highest BCUT2D eigenvalue weighted by atomic mass is 15.1. The van der Waals surface area contributed by atoms with Crippen LogP contribution in [0.15, 0.2) is 12.5 Å². The first-order chi connectivity index (χ1) is 9.20. The standard InChI is InChI=1S/C14H19N5/c1-9(2)19-8-16-7-12(19)14-17-11-6-4-5-10(11)13(15-3)18-14/h7-9H,4-6H2,1-3H3,(H,15,17,18). The SMILES string of the molecule is CNc1nc(-c2cncn2C(C)C)nc2c1CCC2. The van der Waals surface area contributed by atoms with Gasteiger partial charge in [0.2, 0.25) is 0 Å². The lowest BCUT2D eigenvalue weighted by Crippen LogP contribution is -2.07. The molecule has 0 aliphatic heterocycles. The van der Waals surface area contributed by atoms with E-state index in [0.717, 1.165) is 30.2 Å². The van der Waals surface area contributed by atoms with E-state index in [1.165, 1.54) is 17.7 Å². The van der Waals surface area contributed by atoms with Crippen LogP contribution in [0.1, 0.15) is 37.6 Å². The van der Waals surface area contributed by atoms with Crippen molar-refractivity contribution in [3.63, 3.8) is 0 Å². The highest BCUT2D eigenvalue weighted by Gasteiger charge is 2.20. The van der Waals surface area contributed by atoms with Gasteiger partial charge in [0.15, 0.2) is 5.82 Å². The fourth-order valence-corrected chi connectivity index (χ4v) is 2.64. The molecule has 0 spiro atoms. The van der Waals surface area contributed by atoms with Crippen LogP contribution in [-0.2, 0) is 12.8 Å². The van der Waals surface area contributed by atoms with Crippen molar-refractivity contribution >= 4 is 5.82 Å². The van der Waals surface area contributed by atoms with E-state index < -0.39 is 0 Å². The van der Waals surface area contributed by atoms with Gasteiger partial charge in [0.25, 0.3) is 0 Å². The van der Waals surface area contributed by atoms with Gasteiger partial charge in [-0.3, -0.25) is 0 Å². The van der Waals surface area contributed by atoms with Crippen LogP contribution >= 0.6 is 0 Å². The number of rotatable bonds is 3. The summed E-state index contributed by atoms with van der Waals surface area (Å²) < 4.78 is 2.11. The number of hydrogen-bond donors (Lipinski definition) is 1. The zero-order valence-electron chi connectivity index (χ0n) is 11.6. The van der Waals surface area contributed by atoms with Crippen molar-refractivity contribution in [1.82, 2.24) is 19.5 Å². The summed E-state index contributed by atoms with van der Waals surface area (Å²) >= 11 is 0. The molecule has 0 radical (unpaired) electrons. The first kappa shape index (κ1) is 12.1. The van der Waals surface area contributed by atoms with Gasteiger partial charge < -0.3 is 9.88 Å². The van der Waals surface area contributed by atoms with Gasteiger partial charge in [0, 0.05) is 24.3 Å². The van der Waals surface area contributed by atoms with Gasteiger partial charge in [0.1, 0.15) is 11.5 Å². The van der Waals surface area contributed by atoms with Crippen LogP contribution in [-0.4, -0.2) is 26.6 Å². The maximum atomic E-state index is 4.74. The number of aryl methyl sites for hydroxylation is 1. The van der Waals surface area contributed by atoms with Crippen LogP contribution in [0, 0.1) is 0 Å². The van der Waals surface area contributed by atoms with Crippen LogP contribution < -0.4 is 5.32 Å². The summed E-state index contributed by atoms with van der Waals surface area (Å²) in [7, 11) is 1.92. The third-order valence-corrected chi connectivity index (χ3v) is 3.62. The minimum Gasteiger partial charge on any atom is -0.373 e. The Labute approximate surface area is 113 Å². The monoisotopic (exact) mass is 257 g/mol. The molecule has 1 N–H and O–H groups in total. The van der Waals surface area contributed by atoms with Gasteiger partial charge in [-0.25, -0.2) is 15.0 Å². The molecule has 5 heteroatoms. The molecule has 2 aromatic heterocycles. The smallest absolute Gasteiger partial charge is 0.180 e. The Kier molecular flexibility index (Phi) is 2.97. The fourth-order valence-electron chi connectivity index (χ4n) is 2.64. The summed E-state index contributed by atoms with van der Waals surface area (Å²) in [6, 6.07) is 0.354. The second-order valence-corrected chi connectivity index (χ2v) is 5.20. The van der Waals surface area contributed by atoms with Crippen LogP contribution in [0.5, 0.6) is 0 Å². The highest BCUT2D eigenvalue weighted by molar-refractivity contribution is 5.57. The molecule has 100 valence electrons. The Morgan fingerprint density at radius 1 is 1.26 bits per heavy atom.